The number of nitrogens with zero attached hydrogens (tertiary/aromatic N) is 2. The first-order valence-electron chi connectivity index (χ1n) is 5.18. The Bertz CT molecular complexity index is 711. The van der Waals surface area contributed by atoms with Gasteiger partial charge in [0.1, 0.15) is 5.75 Å². The normalized spacial score (nSPS) is 10.7. The molecule has 0 atom stereocenters. The molecule has 2 N–H and O–H groups in total. The second kappa shape index (κ2) is 4.19. The van der Waals surface area contributed by atoms with E-state index >= 15 is 0 Å². The van der Waals surface area contributed by atoms with Gasteiger partial charge in [-0.2, -0.15) is 4.98 Å². The summed E-state index contributed by atoms with van der Waals surface area (Å²) < 4.78 is 10.5. The number of nitrogen functional groups attached to an aromatic ring is 1. The van der Waals surface area contributed by atoms with E-state index in [1.54, 1.807) is 24.3 Å². The first-order chi connectivity index (χ1) is 8.74. The lowest BCUT2D eigenvalue weighted by atomic mass is 10.3. The molecule has 6 heteroatoms. The number of hydrogen-bond donors (Lipinski definition) is 1. The number of hydrogen-bond acceptors (Lipinski definition) is 5. The lowest BCUT2D eigenvalue weighted by Gasteiger charge is -2.05. The van der Waals surface area contributed by atoms with Crippen molar-refractivity contribution in [3.63, 3.8) is 0 Å². The summed E-state index contributed by atoms with van der Waals surface area (Å²) in [4.78, 5) is 4.14. The van der Waals surface area contributed by atoms with Crippen LogP contribution in [0.25, 0.3) is 11.1 Å². The summed E-state index contributed by atoms with van der Waals surface area (Å²) in [6, 6.07) is 10.6. The molecule has 0 amide bonds. The molecule has 90 valence electrons. The molecule has 5 nitrogen and oxygen atoms in total. The molecule has 0 spiro atoms. The second-order valence-corrected chi connectivity index (χ2v) is 4.01. The molecule has 1 aromatic carbocycles. The van der Waals surface area contributed by atoms with Gasteiger partial charge in [0.05, 0.1) is 10.4 Å². The van der Waals surface area contributed by atoms with Crippen molar-refractivity contribution in [2.24, 2.45) is 0 Å². The van der Waals surface area contributed by atoms with E-state index in [-0.39, 0.29) is 0 Å². The maximum atomic E-state index is 5.99. The molecule has 0 bridgehead atoms. The van der Waals surface area contributed by atoms with Crippen LogP contribution >= 0.6 is 11.6 Å². The molecule has 2 aromatic heterocycles. The van der Waals surface area contributed by atoms with E-state index in [0.29, 0.717) is 33.6 Å². The number of halogens is 1. The summed E-state index contributed by atoms with van der Waals surface area (Å²) >= 11 is 5.99. The number of aromatic nitrogens is 2. The fraction of sp³-hybridized carbons (Fsp3) is 0. The Morgan fingerprint density at radius 3 is 2.83 bits per heavy atom. The highest BCUT2D eigenvalue weighted by atomic mass is 35.5. The van der Waals surface area contributed by atoms with Crippen LogP contribution in [0.4, 0.5) is 5.82 Å². The molecule has 2 heterocycles. The minimum Gasteiger partial charge on any atom is -0.437 e. The fourth-order valence-electron chi connectivity index (χ4n) is 1.53. The third kappa shape index (κ3) is 1.84. The molecule has 18 heavy (non-hydrogen) atoms. The smallest absolute Gasteiger partial charge is 0.263 e. The standard InChI is InChI=1S/C12H8ClN3O2/c13-8-3-1-2-4-9(8)17-10-6-5-7-11(14)16-18-12(7)15-10/h1-6H,(H2,14,16). The van der Waals surface area contributed by atoms with Crippen molar-refractivity contribution >= 4 is 28.5 Å². The number of rotatable bonds is 2. The van der Waals surface area contributed by atoms with Crippen molar-refractivity contribution in [2.75, 3.05) is 5.73 Å². The summed E-state index contributed by atoms with van der Waals surface area (Å²) in [5.74, 6) is 1.20. The van der Waals surface area contributed by atoms with Gasteiger partial charge in [0, 0.05) is 6.07 Å². The molecular formula is C12H8ClN3O2. The van der Waals surface area contributed by atoms with Gasteiger partial charge in [-0.25, -0.2) is 0 Å². The molecule has 3 aromatic rings. The van der Waals surface area contributed by atoms with Crippen molar-refractivity contribution in [3.8, 4) is 11.6 Å². The number of nitrogens with two attached hydrogens (primary N) is 1. The van der Waals surface area contributed by atoms with Crippen LogP contribution in [-0.4, -0.2) is 10.1 Å². The van der Waals surface area contributed by atoms with Gasteiger partial charge in [-0.15, -0.1) is 0 Å². The Labute approximate surface area is 107 Å². The average molecular weight is 262 g/mol. The van der Waals surface area contributed by atoms with Gasteiger partial charge < -0.3 is 15.0 Å². The monoisotopic (exact) mass is 261 g/mol. The maximum Gasteiger partial charge on any atom is 0.263 e. The van der Waals surface area contributed by atoms with Gasteiger partial charge in [0.25, 0.3) is 5.71 Å². The van der Waals surface area contributed by atoms with Gasteiger partial charge >= 0.3 is 0 Å². The summed E-state index contributed by atoms with van der Waals surface area (Å²) in [5.41, 5.74) is 5.93. The number of para-hydroxylation sites is 1. The molecule has 0 unspecified atom stereocenters. The predicted molar refractivity (Wildman–Crippen MR) is 67.7 cm³/mol. The van der Waals surface area contributed by atoms with E-state index in [0.717, 1.165) is 0 Å². The molecule has 0 saturated heterocycles. The molecule has 0 radical (unpaired) electrons. The van der Waals surface area contributed by atoms with Crippen LogP contribution < -0.4 is 10.5 Å². The van der Waals surface area contributed by atoms with Crippen molar-refractivity contribution in [3.05, 3.63) is 41.4 Å². The highest BCUT2D eigenvalue weighted by molar-refractivity contribution is 6.32. The average Bonchev–Trinajstić information content (AvgIpc) is 2.74. The minimum atomic E-state index is 0.307. The lowest BCUT2D eigenvalue weighted by molar-refractivity contribution is 0.434. The number of ether oxygens (including phenoxy) is 1. The summed E-state index contributed by atoms with van der Waals surface area (Å²) in [7, 11) is 0. The van der Waals surface area contributed by atoms with E-state index in [9.17, 15) is 0 Å². The Balaban J connectivity index is 1.98. The van der Waals surface area contributed by atoms with Gasteiger partial charge in [0.15, 0.2) is 5.82 Å². The van der Waals surface area contributed by atoms with Crippen molar-refractivity contribution < 1.29 is 9.26 Å². The second-order valence-electron chi connectivity index (χ2n) is 3.60. The molecule has 0 aliphatic heterocycles. The molecule has 0 fully saturated rings. The van der Waals surface area contributed by atoms with Crippen LogP contribution in [0.3, 0.4) is 0 Å². The number of anilines is 1. The third-order valence-electron chi connectivity index (χ3n) is 2.39. The van der Waals surface area contributed by atoms with Crippen molar-refractivity contribution in [1.29, 1.82) is 0 Å². The quantitative estimate of drug-likeness (QED) is 0.766. The van der Waals surface area contributed by atoms with Crippen molar-refractivity contribution in [1.82, 2.24) is 10.1 Å². The van der Waals surface area contributed by atoms with Crippen LogP contribution in [-0.2, 0) is 0 Å². The van der Waals surface area contributed by atoms with Gasteiger partial charge in [-0.1, -0.05) is 28.9 Å². The molecular weight excluding hydrogens is 254 g/mol. The van der Waals surface area contributed by atoms with Gasteiger partial charge in [0.2, 0.25) is 5.88 Å². The lowest BCUT2D eigenvalue weighted by Crippen LogP contribution is -1.89. The van der Waals surface area contributed by atoms with Crippen LogP contribution in [0.2, 0.25) is 5.02 Å². The zero-order valence-corrected chi connectivity index (χ0v) is 9.89. The first kappa shape index (κ1) is 10.9. The van der Waals surface area contributed by atoms with E-state index < -0.39 is 0 Å². The Morgan fingerprint density at radius 2 is 2.00 bits per heavy atom. The highest BCUT2D eigenvalue weighted by Crippen LogP contribution is 2.29. The molecule has 0 saturated carbocycles. The Hall–Kier alpha value is -2.27. The van der Waals surface area contributed by atoms with E-state index in [4.69, 9.17) is 26.6 Å². The third-order valence-corrected chi connectivity index (χ3v) is 2.70. The molecule has 3 rings (SSSR count). The zero-order chi connectivity index (χ0) is 12.5. The first-order valence-corrected chi connectivity index (χ1v) is 5.56. The van der Waals surface area contributed by atoms with Crippen LogP contribution in [0.1, 0.15) is 0 Å². The minimum absolute atomic E-state index is 0.307. The fourth-order valence-corrected chi connectivity index (χ4v) is 1.70. The van der Waals surface area contributed by atoms with Gasteiger partial charge in [-0.05, 0) is 18.2 Å². The summed E-state index contributed by atoms with van der Waals surface area (Å²) in [6.45, 7) is 0. The summed E-state index contributed by atoms with van der Waals surface area (Å²) in [6.07, 6.45) is 0. The van der Waals surface area contributed by atoms with Crippen LogP contribution in [0, 0.1) is 0 Å². The van der Waals surface area contributed by atoms with E-state index in [1.807, 2.05) is 12.1 Å². The zero-order valence-electron chi connectivity index (χ0n) is 9.13. The molecule has 0 aliphatic rings. The van der Waals surface area contributed by atoms with Crippen LogP contribution in [0.15, 0.2) is 40.9 Å². The number of pyridine rings is 1. The van der Waals surface area contributed by atoms with Crippen LogP contribution in [0.5, 0.6) is 11.6 Å². The van der Waals surface area contributed by atoms with Crippen molar-refractivity contribution in [2.45, 2.75) is 0 Å². The largest absolute Gasteiger partial charge is 0.437 e. The number of fused-ring (bicyclic) bond motifs is 1. The SMILES string of the molecule is Nc1noc2nc(Oc3ccccc3Cl)ccc12. The van der Waals surface area contributed by atoms with E-state index in [2.05, 4.69) is 10.1 Å². The topological polar surface area (TPSA) is 74.2 Å². The Kier molecular flexibility index (Phi) is 2.53. The number of benzene rings is 1. The Morgan fingerprint density at radius 1 is 1.17 bits per heavy atom. The van der Waals surface area contributed by atoms with Gasteiger partial charge in [-0.3, -0.25) is 0 Å². The summed E-state index contributed by atoms with van der Waals surface area (Å²) in [5, 5.41) is 4.78. The van der Waals surface area contributed by atoms with E-state index in [1.165, 1.54) is 0 Å². The highest BCUT2D eigenvalue weighted by Gasteiger charge is 2.09. The molecule has 0 aliphatic carbocycles. The predicted octanol–water partition coefficient (Wildman–Crippen LogP) is 3.25. The maximum absolute atomic E-state index is 5.99.